The van der Waals surface area contributed by atoms with Crippen molar-refractivity contribution in [3.63, 3.8) is 0 Å². The van der Waals surface area contributed by atoms with Gasteiger partial charge in [0.2, 0.25) is 0 Å². The molecule has 2 aliphatic rings. The fraction of sp³-hybridized carbons (Fsp3) is 0.800. The number of nitrogens with zero attached hydrogens (tertiary/aromatic N) is 4. The maximum absolute atomic E-state index is 9.60. The normalized spacial score (nSPS) is 23.2. The lowest BCUT2D eigenvalue weighted by Gasteiger charge is -2.47. The van der Waals surface area contributed by atoms with E-state index >= 15 is 0 Å². The van der Waals surface area contributed by atoms with Crippen molar-refractivity contribution in [1.82, 2.24) is 14.9 Å². The lowest BCUT2D eigenvalue weighted by Crippen LogP contribution is -2.57. The first-order valence-corrected chi connectivity index (χ1v) is 10.2. The monoisotopic (exact) mass is 346 g/mol. The quantitative estimate of drug-likeness (QED) is 0.858. The number of piperazine rings is 1. The summed E-state index contributed by atoms with van der Waals surface area (Å²) in [6.07, 6.45) is 11.8. The van der Waals surface area contributed by atoms with Crippen LogP contribution in [0.4, 0.5) is 5.82 Å². The number of aliphatic hydroxyl groups excluding tert-OH is 1. The number of aryl methyl sites for hydroxylation is 2. The number of hydrogen-bond acceptors (Lipinski definition) is 5. The van der Waals surface area contributed by atoms with E-state index < -0.39 is 0 Å². The Bertz CT molecular complexity index is 544. The zero-order valence-electron chi connectivity index (χ0n) is 16.0. The molecule has 0 amide bonds. The third-order valence-corrected chi connectivity index (χ3v) is 5.82. The van der Waals surface area contributed by atoms with Gasteiger partial charge in [-0.1, -0.05) is 32.6 Å². The van der Waals surface area contributed by atoms with Crippen molar-refractivity contribution in [2.24, 2.45) is 0 Å². The fourth-order valence-corrected chi connectivity index (χ4v) is 4.56. The van der Waals surface area contributed by atoms with Crippen LogP contribution in [0.5, 0.6) is 0 Å². The zero-order chi connectivity index (χ0) is 17.6. The molecule has 3 rings (SSSR count). The molecule has 2 heterocycles. The maximum Gasteiger partial charge on any atom is 0.135 e. The molecule has 1 atom stereocenters. The highest BCUT2D eigenvalue weighted by molar-refractivity contribution is 5.47. The van der Waals surface area contributed by atoms with Crippen molar-refractivity contribution in [2.75, 3.05) is 31.1 Å². The first-order valence-electron chi connectivity index (χ1n) is 10.2. The molecule has 140 valence electrons. The van der Waals surface area contributed by atoms with Crippen molar-refractivity contribution in [3.8, 4) is 0 Å². The number of anilines is 1. The highest BCUT2D eigenvalue weighted by Crippen LogP contribution is 2.29. The van der Waals surface area contributed by atoms with Gasteiger partial charge in [0.15, 0.2) is 0 Å². The summed E-state index contributed by atoms with van der Waals surface area (Å²) in [5.41, 5.74) is 1.27. The van der Waals surface area contributed by atoms with E-state index in [1.165, 1.54) is 37.7 Å². The molecule has 0 aromatic carbocycles. The van der Waals surface area contributed by atoms with Crippen LogP contribution in [0.2, 0.25) is 0 Å². The van der Waals surface area contributed by atoms with Gasteiger partial charge in [-0.25, -0.2) is 9.97 Å². The van der Waals surface area contributed by atoms with Crippen LogP contribution in [0.25, 0.3) is 0 Å². The second-order valence-corrected chi connectivity index (χ2v) is 7.66. The summed E-state index contributed by atoms with van der Waals surface area (Å²) in [7, 11) is 0. The largest absolute Gasteiger partial charge is 0.396 e. The molecule has 0 spiro atoms. The van der Waals surface area contributed by atoms with Crippen LogP contribution in [0.15, 0.2) is 6.20 Å². The standard InChI is InChI=1S/C20H34N4O/c1-3-7-17-14-21-16(2)22-20(17)23-11-12-24(19(15-23)10-13-25)18-8-5-4-6-9-18/h14,18-19,25H,3-13,15H2,1-2H3/t19-/m0/s1. The van der Waals surface area contributed by atoms with Gasteiger partial charge in [0.25, 0.3) is 0 Å². The lowest BCUT2D eigenvalue weighted by atomic mass is 9.91. The SMILES string of the molecule is CCCc1cnc(C)nc1N1CCN(C2CCCCC2)[C@@H](CCO)C1. The molecule has 1 aliphatic carbocycles. The van der Waals surface area contributed by atoms with Gasteiger partial charge in [-0.3, -0.25) is 4.90 Å². The van der Waals surface area contributed by atoms with Crippen LogP contribution >= 0.6 is 0 Å². The van der Waals surface area contributed by atoms with Gasteiger partial charge < -0.3 is 10.0 Å². The second kappa shape index (κ2) is 8.95. The van der Waals surface area contributed by atoms with Crippen molar-refractivity contribution in [1.29, 1.82) is 0 Å². The highest BCUT2D eigenvalue weighted by Gasteiger charge is 2.33. The van der Waals surface area contributed by atoms with E-state index in [0.717, 1.165) is 56.6 Å². The smallest absolute Gasteiger partial charge is 0.135 e. The van der Waals surface area contributed by atoms with Crippen LogP contribution in [0.3, 0.4) is 0 Å². The molecular weight excluding hydrogens is 312 g/mol. The minimum atomic E-state index is 0.270. The van der Waals surface area contributed by atoms with Crippen LogP contribution in [0, 0.1) is 6.92 Å². The number of aliphatic hydroxyl groups is 1. The summed E-state index contributed by atoms with van der Waals surface area (Å²) < 4.78 is 0. The molecule has 2 fully saturated rings. The minimum absolute atomic E-state index is 0.270. The second-order valence-electron chi connectivity index (χ2n) is 7.66. The molecular formula is C20H34N4O. The predicted octanol–water partition coefficient (Wildman–Crippen LogP) is 2.94. The Labute approximate surface area is 152 Å². The van der Waals surface area contributed by atoms with Crippen LogP contribution in [-0.4, -0.2) is 58.3 Å². The van der Waals surface area contributed by atoms with Gasteiger partial charge in [0.1, 0.15) is 11.6 Å². The van der Waals surface area contributed by atoms with Gasteiger partial charge >= 0.3 is 0 Å². The first kappa shape index (κ1) is 18.6. The molecule has 0 radical (unpaired) electrons. The van der Waals surface area contributed by atoms with Crippen molar-refractivity contribution >= 4 is 5.82 Å². The highest BCUT2D eigenvalue weighted by atomic mass is 16.3. The van der Waals surface area contributed by atoms with E-state index in [1.807, 2.05) is 13.1 Å². The summed E-state index contributed by atoms with van der Waals surface area (Å²) in [5.74, 6) is 1.98. The summed E-state index contributed by atoms with van der Waals surface area (Å²) in [6, 6.07) is 1.15. The van der Waals surface area contributed by atoms with E-state index in [1.54, 1.807) is 0 Å². The van der Waals surface area contributed by atoms with Crippen molar-refractivity contribution in [2.45, 2.75) is 77.3 Å². The van der Waals surface area contributed by atoms with Crippen LogP contribution in [0.1, 0.15) is 63.3 Å². The number of aromatic nitrogens is 2. The molecule has 1 saturated carbocycles. The molecule has 5 heteroatoms. The summed E-state index contributed by atoms with van der Waals surface area (Å²) in [5, 5.41) is 9.60. The summed E-state index contributed by atoms with van der Waals surface area (Å²) in [4.78, 5) is 14.3. The minimum Gasteiger partial charge on any atom is -0.396 e. The fourth-order valence-electron chi connectivity index (χ4n) is 4.56. The number of rotatable bonds is 6. The third-order valence-electron chi connectivity index (χ3n) is 5.82. The molecule has 25 heavy (non-hydrogen) atoms. The molecule has 5 nitrogen and oxygen atoms in total. The molecule has 1 aliphatic heterocycles. The average molecular weight is 347 g/mol. The summed E-state index contributed by atoms with van der Waals surface area (Å²) in [6.45, 7) is 7.55. The van der Waals surface area contributed by atoms with E-state index in [0.29, 0.717) is 6.04 Å². The molecule has 1 N–H and O–H groups in total. The van der Waals surface area contributed by atoms with E-state index in [4.69, 9.17) is 4.98 Å². The summed E-state index contributed by atoms with van der Waals surface area (Å²) >= 11 is 0. The Hall–Kier alpha value is -1.20. The van der Waals surface area contributed by atoms with Gasteiger partial charge in [-0.2, -0.15) is 0 Å². The molecule has 1 aromatic rings. The number of hydrogen-bond donors (Lipinski definition) is 1. The van der Waals surface area contributed by atoms with Crippen molar-refractivity contribution in [3.05, 3.63) is 17.6 Å². The van der Waals surface area contributed by atoms with Crippen LogP contribution < -0.4 is 4.90 Å². The first-order chi connectivity index (χ1) is 12.2. The average Bonchev–Trinajstić information content (AvgIpc) is 2.64. The third kappa shape index (κ3) is 4.50. The lowest BCUT2D eigenvalue weighted by molar-refractivity contribution is 0.0755. The van der Waals surface area contributed by atoms with Gasteiger partial charge in [-0.05, 0) is 32.6 Å². The Morgan fingerprint density at radius 2 is 2.00 bits per heavy atom. The van der Waals surface area contributed by atoms with E-state index in [2.05, 4.69) is 21.7 Å². The molecule has 0 unspecified atom stereocenters. The zero-order valence-corrected chi connectivity index (χ0v) is 16.0. The molecule has 1 saturated heterocycles. The Morgan fingerprint density at radius 3 is 2.72 bits per heavy atom. The van der Waals surface area contributed by atoms with Crippen LogP contribution in [-0.2, 0) is 6.42 Å². The van der Waals surface area contributed by atoms with Gasteiger partial charge in [0, 0.05) is 50.1 Å². The Morgan fingerprint density at radius 1 is 1.20 bits per heavy atom. The molecule has 0 bridgehead atoms. The van der Waals surface area contributed by atoms with E-state index in [9.17, 15) is 5.11 Å². The van der Waals surface area contributed by atoms with Gasteiger partial charge in [-0.15, -0.1) is 0 Å². The molecule has 1 aromatic heterocycles. The maximum atomic E-state index is 9.60. The van der Waals surface area contributed by atoms with Crippen molar-refractivity contribution < 1.29 is 5.11 Å². The topological polar surface area (TPSA) is 52.5 Å². The Balaban J connectivity index is 1.76. The van der Waals surface area contributed by atoms with Gasteiger partial charge in [0.05, 0.1) is 0 Å². The predicted molar refractivity (Wildman–Crippen MR) is 102 cm³/mol. The van der Waals surface area contributed by atoms with E-state index in [-0.39, 0.29) is 6.61 Å². The Kier molecular flexibility index (Phi) is 6.65.